The number of nitriles is 1. The molecular weight excluding hydrogens is 243 g/mol. The minimum atomic E-state index is -0.514. The van der Waals surface area contributed by atoms with E-state index in [0.29, 0.717) is 18.2 Å². The first-order valence-electron chi connectivity index (χ1n) is 6.80. The van der Waals surface area contributed by atoms with Gasteiger partial charge in [-0.3, -0.25) is 0 Å². The third-order valence-electron chi connectivity index (χ3n) is 3.71. The molecule has 1 aromatic carbocycles. The lowest BCUT2D eigenvalue weighted by Gasteiger charge is -2.16. The molecule has 1 unspecified atom stereocenters. The third-order valence-corrected chi connectivity index (χ3v) is 3.71. The molecule has 0 radical (unpaired) electrons. The molecule has 0 saturated heterocycles. The summed E-state index contributed by atoms with van der Waals surface area (Å²) in [4.78, 5) is 0. The van der Waals surface area contributed by atoms with Crippen molar-refractivity contribution in [2.45, 2.75) is 38.2 Å². The molecule has 1 saturated carbocycles. The fourth-order valence-electron chi connectivity index (χ4n) is 2.67. The lowest BCUT2D eigenvalue weighted by Crippen LogP contribution is -2.22. The van der Waals surface area contributed by atoms with Crippen LogP contribution in [-0.2, 0) is 0 Å². The van der Waals surface area contributed by atoms with Gasteiger partial charge in [-0.1, -0.05) is 25.7 Å². The zero-order valence-corrected chi connectivity index (χ0v) is 10.9. The molecule has 0 bridgehead atoms. The van der Waals surface area contributed by atoms with Crippen molar-refractivity contribution in [2.24, 2.45) is 5.92 Å². The Bertz CT molecular complexity index is 464. The van der Waals surface area contributed by atoms with Gasteiger partial charge in [0, 0.05) is 12.2 Å². The number of nitrogens with zero attached hydrogens (tertiary/aromatic N) is 1. The lowest BCUT2D eigenvalue weighted by atomic mass is 10.00. The Morgan fingerprint density at radius 2 is 2.16 bits per heavy atom. The molecule has 1 aromatic rings. The number of hydrogen-bond donors (Lipinski definition) is 2. The van der Waals surface area contributed by atoms with Gasteiger partial charge in [0.15, 0.2) is 0 Å². The zero-order chi connectivity index (χ0) is 13.7. The van der Waals surface area contributed by atoms with Crippen molar-refractivity contribution in [1.82, 2.24) is 0 Å². The molecule has 1 fully saturated rings. The SMILES string of the molecule is N#Cc1cc(NCC(O)CC2CCCC2)ccc1F. The lowest BCUT2D eigenvalue weighted by molar-refractivity contribution is 0.155. The fourth-order valence-corrected chi connectivity index (χ4v) is 2.67. The van der Waals surface area contributed by atoms with Crippen molar-refractivity contribution in [3.8, 4) is 6.07 Å². The van der Waals surface area contributed by atoms with Gasteiger partial charge in [0.1, 0.15) is 11.9 Å². The Morgan fingerprint density at radius 3 is 2.84 bits per heavy atom. The number of aliphatic hydroxyl groups excluding tert-OH is 1. The summed E-state index contributed by atoms with van der Waals surface area (Å²) in [5.41, 5.74) is 0.693. The summed E-state index contributed by atoms with van der Waals surface area (Å²) in [6.45, 7) is 0.438. The number of anilines is 1. The molecule has 0 amide bonds. The summed E-state index contributed by atoms with van der Waals surface area (Å²) in [6, 6.07) is 6.12. The minimum absolute atomic E-state index is 0.0234. The van der Waals surface area contributed by atoms with Crippen LogP contribution in [-0.4, -0.2) is 17.8 Å². The van der Waals surface area contributed by atoms with Crippen LogP contribution in [0.1, 0.15) is 37.7 Å². The van der Waals surface area contributed by atoms with E-state index in [9.17, 15) is 9.50 Å². The summed E-state index contributed by atoms with van der Waals surface area (Å²) < 4.78 is 13.1. The molecule has 1 aliphatic carbocycles. The van der Waals surface area contributed by atoms with Crippen molar-refractivity contribution >= 4 is 5.69 Å². The number of nitrogens with one attached hydrogen (secondary N) is 1. The van der Waals surface area contributed by atoms with Crippen LogP contribution < -0.4 is 5.32 Å². The molecule has 4 heteroatoms. The van der Waals surface area contributed by atoms with Crippen LogP contribution in [0.4, 0.5) is 10.1 Å². The highest BCUT2D eigenvalue weighted by molar-refractivity contribution is 5.49. The second-order valence-electron chi connectivity index (χ2n) is 5.23. The second kappa shape index (κ2) is 6.53. The van der Waals surface area contributed by atoms with Crippen LogP contribution in [0.2, 0.25) is 0 Å². The molecule has 0 spiro atoms. The highest BCUT2D eigenvalue weighted by Gasteiger charge is 2.18. The average Bonchev–Trinajstić information content (AvgIpc) is 2.90. The van der Waals surface area contributed by atoms with Gasteiger partial charge >= 0.3 is 0 Å². The maximum atomic E-state index is 13.1. The first-order chi connectivity index (χ1) is 9.19. The van der Waals surface area contributed by atoms with E-state index in [1.54, 1.807) is 12.1 Å². The van der Waals surface area contributed by atoms with Crippen LogP contribution in [0, 0.1) is 23.1 Å². The van der Waals surface area contributed by atoms with E-state index in [2.05, 4.69) is 5.32 Å². The Hall–Kier alpha value is -1.60. The number of aliphatic hydroxyl groups is 1. The van der Waals surface area contributed by atoms with Crippen molar-refractivity contribution < 1.29 is 9.50 Å². The maximum Gasteiger partial charge on any atom is 0.141 e. The number of benzene rings is 1. The largest absolute Gasteiger partial charge is 0.391 e. The highest BCUT2D eigenvalue weighted by Crippen LogP contribution is 2.28. The molecular formula is C15H19FN2O. The van der Waals surface area contributed by atoms with Crippen molar-refractivity contribution in [3.05, 3.63) is 29.6 Å². The third kappa shape index (κ3) is 3.93. The molecule has 0 heterocycles. The van der Waals surface area contributed by atoms with Crippen molar-refractivity contribution in [3.63, 3.8) is 0 Å². The molecule has 102 valence electrons. The van der Waals surface area contributed by atoms with Gasteiger partial charge in [0.25, 0.3) is 0 Å². The van der Waals surface area contributed by atoms with Gasteiger partial charge in [-0.2, -0.15) is 5.26 Å². The van der Waals surface area contributed by atoms with E-state index in [1.807, 2.05) is 0 Å². The van der Waals surface area contributed by atoms with Gasteiger partial charge in [-0.25, -0.2) is 4.39 Å². The predicted molar refractivity (Wildman–Crippen MR) is 72.2 cm³/mol. The Morgan fingerprint density at radius 1 is 1.42 bits per heavy atom. The van der Waals surface area contributed by atoms with E-state index in [-0.39, 0.29) is 5.56 Å². The van der Waals surface area contributed by atoms with Gasteiger partial charge in [0.05, 0.1) is 11.7 Å². The second-order valence-corrected chi connectivity index (χ2v) is 5.23. The van der Waals surface area contributed by atoms with E-state index < -0.39 is 11.9 Å². The standard InChI is InChI=1S/C15H19FN2O/c16-15-6-5-13(8-12(15)9-17)18-10-14(19)7-11-3-1-2-4-11/h5-6,8,11,14,18-19H,1-4,7,10H2. The predicted octanol–water partition coefficient (Wildman–Crippen LogP) is 3.05. The molecule has 0 aromatic heterocycles. The topological polar surface area (TPSA) is 56.0 Å². The van der Waals surface area contributed by atoms with E-state index >= 15 is 0 Å². The summed E-state index contributed by atoms with van der Waals surface area (Å²) in [5, 5.41) is 21.7. The van der Waals surface area contributed by atoms with Crippen molar-refractivity contribution in [1.29, 1.82) is 5.26 Å². The molecule has 19 heavy (non-hydrogen) atoms. The summed E-state index contributed by atoms with van der Waals surface area (Å²) in [6.07, 6.45) is 5.40. The first kappa shape index (κ1) is 13.8. The molecule has 2 N–H and O–H groups in total. The molecule has 1 atom stereocenters. The quantitative estimate of drug-likeness (QED) is 0.857. The summed E-state index contributed by atoms with van der Waals surface area (Å²) in [7, 11) is 0. The Labute approximate surface area is 113 Å². The summed E-state index contributed by atoms with van der Waals surface area (Å²) >= 11 is 0. The van der Waals surface area contributed by atoms with Gasteiger partial charge in [0.2, 0.25) is 0 Å². The summed E-state index contributed by atoms with van der Waals surface area (Å²) in [5.74, 6) is 0.124. The Balaban J connectivity index is 1.82. The van der Waals surface area contributed by atoms with Crippen LogP contribution in [0.15, 0.2) is 18.2 Å². The van der Waals surface area contributed by atoms with Crippen LogP contribution in [0.25, 0.3) is 0 Å². The molecule has 2 rings (SSSR count). The fraction of sp³-hybridized carbons (Fsp3) is 0.533. The number of hydrogen-bond acceptors (Lipinski definition) is 3. The van der Waals surface area contributed by atoms with E-state index in [4.69, 9.17) is 5.26 Å². The van der Waals surface area contributed by atoms with Crippen LogP contribution >= 0.6 is 0 Å². The number of rotatable bonds is 5. The van der Waals surface area contributed by atoms with Gasteiger partial charge < -0.3 is 10.4 Å². The van der Waals surface area contributed by atoms with Crippen molar-refractivity contribution in [2.75, 3.05) is 11.9 Å². The van der Waals surface area contributed by atoms with E-state index in [0.717, 1.165) is 6.42 Å². The monoisotopic (exact) mass is 262 g/mol. The zero-order valence-electron chi connectivity index (χ0n) is 10.9. The van der Waals surface area contributed by atoms with E-state index in [1.165, 1.54) is 37.8 Å². The number of halogens is 1. The first-order valence-corrected chi connectivity index (χ1v) is 6.80. The van der Waals surface area contributed by atoms with Gasteiger partial charge in [-0.15, -0.1) is 0 Å². The van der Waals surface area contributed by atoms with Crippen LogP contribution in [0.5, 0.6) is 0 Å². The molecule has 0 aliphatic heterocycles. The average molecular weight is 262 g/mol. The minimum Gasteiger partial charge on any atom is -0.391 e. The highest BCUT2D eigenvalue weighted by atomic mass is 19.1. The van der Waals surface area contributed by atoms with Crippen LogP contribution in [0.3, 0.4) is 0 Å². The molecule has 3 nitrogen and oxygen atoms in total. The smallest absolute Gasteiger partial charge is 0.141 e. The maximum absolute atomic E-state index is 13.1. The van der Waals surface area contributed by atoms with Gasteiger partial charge in [-0.05, 0) is 30.5 Å². The molecule has 1 aliphatic rings. The normalized spacial score (nSPS) is 17.1. The Kier molecular flexibility index (Phi) is 4.75.